The third-order valence-electron chi connectivity index (χ3n) is 4.15. The van der Waals surface area contributed by atoms with Crippen LogP contribution in [0, 0.1) is 0 Å². The Morgan fingerprint density at radius 1 is 0.933 bits per heavy atom. The minimum atomic E-state index is -4.52. The van der Waals surface area contributed by atoms with Gasteiger partial charge in [-0.25, -0.2) is 0 Å². The maximum atomic E-state index is 13.8. The van der Waals surface area contributed by atoms with Crippen molar-refractivity contribution in [3.63, 3.8) is 0 Å². The van der Waals surface area contributed by atoms with Crippen LogP contribution < -0.4 is 5.73 Å². The van der Waals surface area contributed by atoms with Crippen molar-refractivity contribution < 1.29 is 28.2 Å². The molecule has 4 N–H and O–H groups in total. The molecule has 0 atom stereocenters. The molecule has 0 spiro atoms. The van der Waals surface area contributed by atoms with Crippen molar-refractivity contribution in [2.45, 2.75) is 29.1 Å². The summed E-state index contributed by atoms with van der Waals surface area (Å²) in [5.74, 6) is 0. The van der Waals surface area contributed by atoms with Crippen molar-refractivity contribution >= 4 is 18.2 Å². The highest BCUT2D eigenvalue weighted by atomic mass is 32.2. The Morgan fingerprint density at radius 3 is 2.10 bits per heavy atom. The van der Waals surface area contributed by atoms with E-state index in [1.165, 1.54) is 6.07 Å². The number of nitrogens with two attached hydrogens (primary N) is 1. The fourth-order valence-electron chi connectivity index (χ4n) is 2.81. The molecule has 0 bridgehead atoms. The van der Waals surface area contributed by atoms with Gasteiger partial charge < -0.3 is 15.9 Å². The maximum Gasteiger partial charge on any atom is 0.417 e. The molecular formula is C22H20F3NO3S. The molecule has 0 amide bonds. The second-order valence-corrected chi connectivity index (χ2v) is 7.11. The molecule has 158 valence electrons. The molecule has 0 unspecified atom stereocenters. The zero-order valence-corrected chi connectivity index (χ0v) is 16.6. The number of benzene rings is 3. The number of carboxylic acid groups (broad SMARTS) is 1. The summed E-state index contributed by atoms with van der Waals surface area (Å²) >= 11 is 0.987. The molecule has 3 rings (SSSR count). The lowest BCUT2D eigenvalue weighted by molar-refractivity contribution is -0.139. The van der Waals surface area contributed by atoms with Crippen LogP contribution in [-0.4, -0.2) is 16.7 Å². The highest BCUT2D eigenvalue weighted by molar-refractivity contribution is 7.99. The van der Waals surface area contributed by atoms with Gasteiger partial charge in [0, 0.05) is 16.3 Å². The van der Waals surface area contributed by atoms with Crippen LogP contribution in [0.2, 0.25) is 0 Å². The number of rotatable bonds is 5. The third kappa shape index (κ3) is 5.85. The molecule has 0 radical (unpaired) electrons. The first-order chi connectivity index (χ1) is 14.3. The van der Waals surface area contributed by atoms with Crippen molar-refractivity contribution in [2.75, 3.05) is 0 Å². The van der Waals surface area contributed by atoms with Gasteiger partial charge in [-0.3, -0.25) is 4.79 Å². The van der Waals surface area contributed by atoms with E-state index >= 15 is 0 Å². The van der Waals surface area contributed by atoms with E-state index < -0.39 is 11.7 Å². The molecule has 3 aromatic rings. The van der Waals surface area contributed by atoms with Gasteiger partial charge in [-0.15, -0.1) is 0 Å². The Balaban J connectivity index is 0.00000101. The van der Waals surface area contributed by atoms with Gasteiger partial charge in [-0.1, -0.05) is 60.3 Å². The molecule has 0 aliphatic rings. The second kappa shape index (κ2) is 10.8. The van der Waals surface area contributed by atoms with Gasteiger partial charge >= 0.3 is 6.18 Å². The molecule has 0 aromatic heterocycles. The zero-order valence-electron chi connectivity index (χ0n) is 15.8. The van der Waals surface area contributed by atoms with E-state index in [0.29, 0.717) is 27.1 Å². The van der Waals surface area contributed by atoms with Gasteiger partial charge in [0.25, 0.3) is 6.47 Å². The van der Waals surface area contributed by atoms with Gasteiger partial charge in [-0.2, -0.15) is 13.2 Å². The zero-order chi connectivity index (χ0) is 22.1. The summed E-state index contributed by atoms with van der Waals surface area (Å²) in [7, 11) is 0. The van der Waals surface area contributed by atoms with Crippen LogP contribution >= 0.6 is 11.8 Å². The van der Waals surface area contributed by atoms with Crippen LogP contribution in [0.3, 0.4) is 0 Å². The highest BCUT2D eigenvalue weighted by Gasteiger charge is 2.35. The molecule has 0 saturated heterocycles. The van der Waals surface area contributed by atoms with Crippen molar-refractivity contribution in [1.82, 2.24) is 0 Å². The van der Waals surface area contributed by atoms with Crippen LogP contribution in [0.5, 0.6) is 0 Å². The Hall–Kier alpha value is -2.81. The standard InChI is InChI=1S/C21H18F3NOS.CH2O2/c22-21(23,24)18-11-16(14-6-2-1-3-7-14)10-17(12-25)20(18)27-19-9-5-4-8-15(19)13-26;2-1-3/h1-11,26H,12-13,25H2;1H,(H,2,3). The monoisotopic (exact) mass is 435 g/mol. The second-order valence-electron chi connectivity index (χ2n) is 6.05. The van der Waals surface area contributed by atoms with E-state index in [1.54, 1.807) is 54.6 Å². The Morgan fingerprint density at radius 2 is 1.53 bits per heavy atom. The van der Waals surface area contributed by atoms with Crippen molar-refractivity contribution in [1.29, 1.82) is 0 Å². The topological polar surface area (TPSA) is 83.5 Å². The van der Waals surface area contributed by atoms with Crippen LogP contribution in [0.1, 0.15) is 16.7 Å². The van der Waals surface area contributed by atoms with Gasteiger partial charge in [-0.05, 0) is 40.5 Å². The van der Waals surface area contributed by atoms with Crippen LogP contribution in [0.25, 0.3) is 11.1 Å². The minimum Gasteiger partial charge on any atom is -0.483 e. The number of halogens is 3. The Labute approximate surface area is 176 Å². The lowest BCUT2D eigenvalue weighted by Crippen LogP contribution is -2.11. The third-order valence-corrected chi connectivity index (χ3v) is 5.46. The fraction of sp³-hybridized carbons (Fsp3) is 0.136. The first-order valence-electron chi connectivity index (χ1n) is 8.79. The van der Waals surface area contributed by atoms with Crippen molar-refractivity contribution in [3.05, 3.63) is 83.4 Å². The summed E-state index contributed by atoms with van der Waals surface area (Å²) < 4.78 is 41.5. The number of hydrogen-bond acceptors (Lipinski definition) is 4. The van der Waals surface area contributed by atoms with E-state index in [-0.39, 0.29) is 24.5 Å². The number of aliphatic hydroxyl groups excluding tert-OH is 1. The van der Waals surface area contributed by atoms with Gasteiger partial charge in [0.2, 0.25) is 0 Å². The smallest absolute Gasteiger partial charge is 0.417 e. The van der Waals surface area contributed by atoms with E-state index in [9.17, 15) is 18.3 Å². The summed E-state index contributed by atoms with van der Waals surface area (Å²) in [5.41, 5.74) is 7.25. The van der Waals surface area contributed by atoms with E-state index in [4.69, 9.17) is 15.6 Å². The van der Waals surface area contributed by atoms with Crippen LogP contribution in [0.4, 0.5) is 13.2 Å². The molecule has 3 aromatic carbocycles. The number of carbonyl (C=O) groups is 1. The predicted octanol–water partition coefficient (Wildman–Crippen LogP) is 5.18. The average Bonchev–Trinajstić information content (AvgIpc) is 2.74. The van der Waals surface area contributed by atoms with Crippen molar-refractivity contribution in [3.8, 4) is 11.1 Å². The molecule has 8 heteroatoms. The summed E-state index contributed by atoms with van der Waals surface area (Å²) in [6, 6.07) is 18.6. The molecule has 0 aliphatic heterocycles. The lowest BCUT2D eigenvalue weighted by Gasteiger charge is -2.19. The Bertz CT molecular complexity index is 979. The summed E-state index contributed by atoms with van der Waals surface area (Å²) in [6.07, 6.45) is -4.52. The van der Waals surface area contributed by atoms with Crippen LogP contribution in [-0.2, 0) is 24.1 Å². The number of aliphatic hydroxyl groups is 1. The van der Waals surface area contributed by atoms with E-state index in [2.05, 4.69) is 0 Å². The molecular weight excluding hydrogens is 415 g/mol. The van der Waals surface area contributed by atoms with E-state index in [1.807, 2.05) is 6.07 Å². The van der Waals surface area contributed by atoms with Gasteiger partial charge in [0.15, 0.2) is 0 Å². The largest absolute Gasteiger partial charge is 0.483 e. The summed E-state index contributed by atoms with van der Waals surface area (Å²) in [6.45, 7) is -0.516. The lowest BCUT2D eigenvalue weighted by atomic mass is 9.99. The molecule has 30 heavy (non-hydrogen) atoms. The van der Waals surface area contributed by atoms with Crippen molar-refractivity contribution in [2.24, 2.45) is 5.73 Å². The summed E-state index contributed by atoms with van der Waals surface area (Å²) in [5, 5.41) is 16.4. The van der Waals surface area contributed by atoms with Gasteiger partial charge in [0.05, 0.1) is 12.2 Å². The molecule has 4 nitrogen and oxygen atoms in total. The molecule has 0 aliphatic carbocycles. The first kappa shape index (κ1) is 23.5. The predicted molar refractivity (Wildman–Crippen MR) is 110 cm³/mol. The minimum absolute atomic E-state index is 0.0205. The van der Waals surface area contributed by atoms with Gasteiger partial charge in [0.1, 0.15) is 0 Å². The molecule has 0 heterocycles. The fourth-order valence-corrected chi connectivity index (χ4v) is 4.00. The number of hydrogen-bond donors (Lipinski definition) is 3. The quantitative estimate of drug-likeness (QED) is 0.481. The average molecular weight is 435 g/mol. The molecule has 0 fully saturated rings. The van der Waals surface area contributed by atoms with E-state index in [0.717, 1.165) is 11.8 Å². The Kier molecular flexibility index (Phi) is 8.46. The summed E-state index contributed by atoms with van der Waals surface area (Å²) in [4.78, 5) is 9.01. The van der Waals surface area contributed by atoms with Crippen LogP contribution in [0.15, 0.2) is 76.5 Å². The maximum absolute atomic E-state index is 13.8. The SMILES string of the molecule is NCc1cc(-c2ccccc2)cc(C(F)(F)F)c1Sc1ccccc1CO.O=CO. The number of alkyl halides is 3. The first-order valence-corrected chi connectivity index (χ1v) is 9.61. The highest BCUT2D eigenvalue weighted by Crippen LogP contribution is 2.44. The normalized spacial score (nSPS) is 10.8. The molecule has 0 saturated carbocycles.